The predicted molar refractivity (Wildman–Crippen MR) is 120 cm³/mol. The number of aliphatic hydroxyl groups excluding tert-OH is 2. The molecule has 3 N–H and O–H groups in total. The van der Waals surface area contributed by atoms with Gasteiger partial charge in [-0.25, -0.2) is 4.79 Å². The number of hydrogen-bond acceptors (Lipinski definition) is 6. The molecular weight excluding hydrogens is 402 g/mol. The van der Waals surface area contributed by atoms with Crippen molar-refractivity contribution in [1.82, 2.24) is 5.32 Å². The van der Waals surface area contributed by atoms with E-state index >= 15 is 0 Å². The van der Waals surface area contributed by atoms with Crippen LogP contribution in [0.15, 0.2) is 24.3 Å². The first kappa shape index (κ1) is 26.4. The van der Waals surface area contributed by atoms with E-state index in [0.717, 1.165) is 0 Å². The van der Waals surface area contributed by atoms with Crippen molar-refractivity contribution in [3.8, 4) is 5.75 Å². The van der Waals surface area contributed by atoms with E-state index in [9.17, 15) is 15.0 Å². The van der Waals surface area contributed by atoms with Gasteiger partial charge in [-0.3, -0.25) is 0 Å². The largest absolute Gasteiger partial charge is 0.491 e. The molecule has 172 valence electrons. The van der Waals surface area contributed by atoms with Crippen molar-refractivity contribution >= 4 is 14.4 Å². The highest BCUT2D eigenvalue weighted by Crippen LogP contribution is 2.36. The summed E-state index contributed by atoms with van der Waals surface area (Å²) in [5, 5.41) is 23.5. The van der Waals surface area contributed by atoms with Gasteiger partial charge in [-0.05, 0) is 45.0 Å². The zero-order valence-electron chi connectivity index (χ0n) is 19.6. The molecule has 30 heavy (non-hydrogen) atoms. The summed E-state index contributed by atoms with van der Waals surface area (Å²) in [7, 11) is -1.86. The smallest absolute Gasteiger partial charge is 0.407 e. The van der Waals surface area contributed by atoms with Crippen LogP contribution < -0.4 is 10.1 Å². The maximum Gasteiger partial charge on any atom is 0.407 e. The maximum absolute atomic E-state index is 11.8. The number of aliphatic hydroxyl groups is 2. The van der Waals surface area contributed by atoms with Crippen molar-refractivity contribution in [2.45, 2.75) is 77.5 Å². The van der Waals surface area contributed by atoms with Crippen molar-refractivity contribution in [3.05, 3.63) is 29.8 Å². The summed E-state index contributed by atoms with van der Waals surface area (Å²) < 4.78 is 17.1. The molecule has 8 heteroatoms. The standard InChI is InChI=1S/C22H39NO6Si/c1-21(2,3)29-20(26)23-15-17(24)19(25)16-11-9-10-12-18(16)27-13-14-28-30(7,8)22(4,5)6/h9-12,17,19,24-25H,13-15H2,1-8H3,(H,23,26)/t17-,19-/m1/s1. The molecule has 0 spiro atoms. The molecule has 1 amide bonds. The van der Waals surface area contributed by atoms with Crippen LogP contribution in [0, 0.1) is 0 Å². The molecule has 1 rings (SSSR count). The normalized spacial score (nSPS) is 14.7. The van der Waals surface area contributed by atoms with E-state index in [1.54, 1.807) is 45.0 Å². The van der Waals surface area contributed by atoms with Gasteiger partial charge in [-0.15, -0.1) is 0 Å². The number of alkyl carbamates (subject to hydrolysis) is 1. The lowest BCUT2D eigenvalue weighted by Gasteiger charge is -2.36. The average Bonchev–Trinajstić information content (AvgIpc) is 2.60. The fraction of sp³-hybridized carbons (Fsp3) is 0.682. The third kappa shape index (κ3) is 8.63. The SMILES string of the molecule is CC(C)(C)OC(=O)NC[C@@H](O)[C@H](O)c1ccccc1OCCO[Si](C)(C)C(C)(C)C. The van der Waals surface area contributed by atoms with Gasteiger partial charge in [0.05, 0.1) is 6.61 Å². The van der Waals surface area contributed by atoms with E-state index in [1.807, 2.05) is 0 Å². The third-order valence-corrected chi connectivity index (χ3v) is 9.60. The summed E-state index contributed by atoms with van der Waals surface area (Å²) in [4.78, 5) is 11.8. The second-order valence-electron chi connectivity index (χ2n) is 9.89. The summed E-state index contributed by atoms with van der Waals surface area (Å²) >= 11 is 0. The van der Waals surface area contributed by atoms with Gasteiger partial charge in [0.1, 0.15) is 30.2 Å². The molecule has 0 aliphatic rings. The Balaban J connectivity index is 2.64. The van der Waals surface area contributed by atoms with Crippen LogP contribution in [0.5, 0.6) is 5.75 Å². The molecule has 0 heterocycles. The van der Waals surface area contributed by atoms with Gasteiger partial charge in [-0.2, -0.15) is 0 Å². The van der Waals surface area contributed by atoms with Gasteiger partial charge < -0.3 is 29.4 Å². The lowest BCUT2D eigenvalue weighted by Crippen LogP contribution is -2.41. The van der Waals surface area contributed by atoms with Crippen LogP contribution >= 0.6 is 0 Å². The number of para-hydroxylation sites is 1. The molecule has 1 aromatic rings. The lowest BCUT2D eigenvalue weighted by atomic mass is 10.0. The molecule has 2 atom stereocenters. The predicted octanol–water partition coefficient (Wildman–Crippen LogP) is 4.01. The highest BCUT2D eigenvalue weighted by atomic mass is 28.4. The maximum atomic E-state index is 11.8. The minimum atomic E-state index is -1.86. The minimum absolute atomic E-state index is 0.117. The monoisotopic (exact) mass is 441 g/mol. The third-order valence-electron chi connectivity index (χ3n) is 5.07. The highest BCUT2D eigenvalue weighted by molar-refractivity contribution is 6.74. The number of carbonyl (C=O) groups excluding carboxylic acids is 1. The van der Waals surface area contributed by atoms with Crippen molar-refractivity contribution in [3.63, 3.8) is 0 Å². The zero-order chi connectivity index (χ0) is 23.2. The Labute approximate surface area is 181 Å². The summed E-state index contributed by atoms with van der Waals surface area (Å²) in [6, 6.07) is 6.97. The first-order valence-electron chi connectivity index (χ1n) is 10.3. The Bertz CT molecular complexity index is 681. The molecule has 0 unspecified atom stereocenters. The number of amides is 1. The Kier molecular flexibility index (Phi) is 9.35. The second-order valence-corrected chi connectivity index (χ2v) is 14.7. The first-order valence-corrected chi connectivity index (χ1v) is 13.2. The van der Waals surface area contributed by atoms with Crippen LogP contribution in [0.2, 0.25) is 18.1 Å². The van der Waals surface area contributed by atoms with E-state index in [-0.39, 0.29) is 11.6 Å². The number of carbonyl (C=O) groups is 1. The van der Waals surface area contributed by atoms with Crippen LogP contribution in [-0.4, -0.2) is 56.1 Å². The number of ether oxygens (including phenoxy) is 2. The van der Waals surface area contributed by atoms with Crippen LogP contribution in [0.25, 0.3) is 0 Å². The molecule has 1 aromatic carbocycles. The number of benzene rings is 1. The first-order chi connectivity index (χ1) is 13.6. The van der Waals surface area contributed by atoms with Crippen molar-refractivity contribution in [2.75, 3.05) is 19.8 Å². The number of hydrogen-bond donors (Lipinski definition) is 3. The van der Waals surface area contributed by atoms with Crippen molar-refractivity contribution < 1.29 is 28.9 Å². The molecule has 0 saturated carbocycles. The lowest BCUT2D eigenvalue weighted by molar-refractivity contribution is 0.0115. The Morgan fingerprint density at radius 1 is 1.07 bits per heavy atom. The topological polar surface area (TPSA) is 97.3 Å². The zero-order valence-corrected chi connectivity index (χ0v) is 20.6. The van der Waals surface area contributed by atoms with Crippen molar-refractivity contribution in [2.24, 2.45) is 0 Å². The van der Waals surface area contributed by atoms with E-state index < -0.39 is 32.2 Å². The molecule has 7 nitrogen and oxygen atoms in total. The Hall–Kier alpha value is -1.61. The molecule has 0 bridgehead atoms. The molecule has 0 radical (unpaired) electrons. The van der Waals surface area contributed by atoms with Crippen LogP contribution in [0.4, 0.5) is 4.79 Å². The van der Waals surface area contributed by atoms with Crippen molar-refractivity contribution in [1.29, 1.82) is 0 Å². The number of rotatable bonds is 9. The Morgan fingerprint density at radius 2 is 1.67 bits per heavy atom. The molecule has 0 aromatic heterocycles. The van der Waals surface area contributed by atoms with E-state index in [4.69, 9.17) is 13.9 Å². The van der Waals surface area contributed by atoms with Crippen LogP contribution in [0.1, 0.15) is 53.2 Å². The fourth-order valence-corrected chi connectivity index (χ4v) is 3.37. The molecular formula is C22H39NO6Si. The summed E-state index contributed by atoms with van der Waals surface area (Å²) in [5.74, 6) is 0.472. The Morgan fingerprint density at radius 3 is 2.23 bits per heavy atom. The van der Waals surface area contributed by atoms with E-state index in [1.165, 1.54) is 0 Å². The summed E-state index contributed by atoms with van der Waals surface area (Å²) in [5.41, 5.74) is -0.191. The van der Waals surface area contributed by atoms with E-state index in [0.29, 0.717) is 24.5 Å². The molecule has 0 aliphatic heterocycles. The van der Waals surface area contributed by atoms with Gasteiger partial charge in [-0.1, -0.05) is 39.0 Å². The number of nitrogens with one attached hydrogen (secondary N) is 1. The van der Waals surface area contributed by atoms with E-state index in [2.05, 4.69) is 39.2 Å². The second kappa shape index (κ2) is 10.6. The van der Waals surface area contributed by atoms with Crippen LogP contribution in [-0.2, 0) is 9.16 Å². The quantitative estimate of drug-likeness (QED) is 0.396. The van der Waals surface area contributed by atoms with Gasteiger partial charge >= 0.3 is 6.09 Å². The molecule has 0 aliphatic carbocycles. The van der Waals surface area contributed by atoms with Gasteiger partial charge in [0.2, 0.25) is 0 Å². The fourth-order valence-electron chi connectivity index (χ4n) is 2.34. The van der Waals surface area contributed by atoms with Gasteiger partial charge in [0.15, 0.2) is 8.32 Å². The average molecular weight is 442 g/mol. The molecule has 0 saturated heterocycles. The summed E-state index contributed by atoms with van der Waals surface area (Å²) in [6.07, 6.45) is -3.09. The highest BCUT2D eigenvalue weighted by Gasteiger charge is 2.37. The van der Waals surface area contributed by atoms with Gasteiger partial charge in [0, 0.05) is 12.1 Å². The molecule has 0 fully saturated rings. The minimum Gasteiger partial charge on any atom is -0.491 e. The van der Waals surface area contributed by atoms with Crippen LogP contribution in [0.3, 0.4) is 0 Å². The summed E-state index contributed by atoms with van der Waals surface area (Å²) in [6.45, 7) is 16.8. The van der Waals surface area contributed by atoms with Gasteiger partial charge in [0.25, 0.3) is 0 Å².